The number of hydrogen-bond acceptors (Lipinski definition) is 6. The quantitative estimate of drug-likeness (QED) is 0.307. The van der Waals surface area contributed by atoms with E-state index in [1.165, 1.54) is 12.1 Å². The molecule has 8 heteroatoms. The highest BCUT2D eigenvalue weighted by atomic mass is 19.1. The fourth-order valence-electron chi connectivity index (χ4n) is 4.78. The van der Waals surface area contributed by atoms with Gasteiger partial charge in [-0.15, -0.1) is 0 Å². The fraction of sp³-hybridized carbons (Fsp3) is 0.441. The second kappa shape index (κ2) is 13.8. The van der Waals surface area contributed by atoms with Crippen LogP contribution in [-0.4, -0.2) is 46.5 Å². The van der Waals surface area contributed by atoms with E-state index in [1.807, 2.05) is 24.3 Å². The minimum Gasteiger partial charge on any atom is -0.493 e. The lowest BCUT2D eigenvalue weighted by molar-refractivity contribution is -0.136. The Balaban J connectivity index is 0.000000892. The van der Waals surface area contributed by atoms with E-state index < -0.39 is 11.6 Å². The lowest BCUT2D eigenvalue weighted by Crippen LogP contribution is -2.38. The van der Waals surface area contributed by atoms with Crippen LogP contribution in [0.25, 0.3) is 11.1 Å². The summed E-state index contributed by atoms with van der Waals surface area (Å²) in [7, 11) is 0. The van der Waals surface area contributed by atoms with E-state index in [0.29, 0.717) is 35.6 Å². The Labute approximate surface area is 248 Å². The second-order valence-electron chi connectivity index (χ2n) is 12.5. The van der Waals surface area contributed by atoms with Gasteiger partial charge in [-0.05, 0) is 81.3 Å². The van der Waals surface area contributed by atoms with Crippen molar-refractivity contribution in [3.63, 3.8) is 0 Å². The summed E-state index contributed by atoms with van der Waals surface area (Å²) in [4.78, 5) is 18.5. The molecule has 0 aliphatic carbocycles. The molecule has 2 N–H and O–H groups in total. The molecule has 7 nitrogen and oxygen atoms in total. The molecule has 3 aromatic rings. The van der Waals surface area contributed by atoms with Gasteiger partial charge in [-0.25, -0.2) is 9.37 Å². The van der Waals surface area contributed by atoms with Crippen molar-refractivity contribution in [3.8, 4) is 22.9 Å². The molecule has 224 valence electrons. The van der Waals surface area contributed by atoms with E-state index in [9.17, 15) is 19.6 Å². The lowest BCUT2D eigenvalue weighted by Gasteiger charge is -2.40. The average molecular weight is 576 g/mol. The zero-order chi connectivity index (χ0) is 31.1. The molecule has 1 saturated heterocycles. The van der Waals surface area contributed by atoms with Crippen LogP contribution >= 0.6 is 0 Å². The number of ether oxygens (including phenoxy) is 1. The molecular formula is C34H42FN3O4. The number of rotatable bonds is 8. The molecule has 0 saturated carbocycles. The Morgan fingerprint density at radius 2 is 1.67 bits per heavy atom. The standard InChI is InChI=1S/C30H32FN3O3.C4H10O/c1-20-25(18-27(35)36)29(34-15-13-30(2,3)14-16-34)28(26(19-32)33-20)22-6-10-24(11-7-22)37-17-12-21-4-8-23(31)9-5-21;1-4(2,3)5/h4-11H,12-18H2,1-3H3,(H,35,36);5H,1-3H3. The minimum absolute atomic E-state index is 0.155. The minimum atomic E-state index is -0.927. The number of carbonyl (C=O) groups is 1. The summed E-state index contributed by atoms with van der Waals surface area (Å²) in [6.07, 6.45) is 2.44. The number of carboxylic acids is 1. The summed E-state index contributed by atoms with van der Waals surface area (Å²) in [6, 6.07) is 16.1. The van der Waals surface area contributed by atoms with Crippen LogP contribution in [0, 0.1) is 29.5 Å². The molecule has 1 fully saturated rings. The lowest BCUT2D eigenvalue weighted by atomic mass is 9.82. The Morgan fingerprint density at radius 3 is 2.19 bits per heavy atom. The molecule has 0 amide bonds. The third-order valence-corrected chi connectivity index (χ3v) is 7.06. The van der Waals surface area contributed by atoms with Crippen molar-refractivity contribution in [2.75, 3.05) is 24.6 Å². The maximum Gasteiger partial charge on any atom is 0.307 e. The number of aromatic nitrogens is 1. The summed E-state index contributed by atoms with van der Waals surface area (Å²) in [6.45, 7) is 13.5. The number of piperidine rings is 1. The molecule has 2 aromatic carbocycles. The Hall–Kier alpha value is -3.96. The molecule has 0 atom stereocenters. The van der Waals surface area contributed by atoms with Crippen LogP contribution in [0.5, 0.6) is 5.75 Å². The van der Waals surface area contributed by atoms with Crippen molar-refractivity contribution in [2.24, 2.45) is 5.41 Å². The van der Waals surface area contributed by atoms with Gasteiger partial charge in [0, 0.05) is 36.3 Å². The highest BCUT2D eigenvalue weighted by Gasteiger charge is 2.30. The molecule has 1 aromatic heterocycles. The Kier molecular flexibility index (Phi) is 10.7. The van der Waals surface area contributed by atoms with Crippen molar-refractivity contribution < 1.29 is 24.1 Å². The third-order valence-electron chi connectivity index (χ3n) is 7.06. The van der Waals surface area contributed by atoms with Gasteiger partial charge in [0.05, 0.1) is 24.3 Å². The smallest absolute Gasteiger partial charge is 0.307 e. The predicted octanol–water partition coefficient (Wildman–Crippen LogP) is 6.72. The van der Waals surface area contributed by atoms with E-state index in [-0.39, 0.29) is 23.3 Å². The van der Waals surface area contributed by atoms with E-state index in [0.717, 1.165) is 42.7 Å². The molecule has 0 bridgehead atoms. The Morgan fingerprint density at radius 1 is 1.10 bits per heavy atom. The van der Waals surface area contributed by atoms with Crippen molar-refractivity contribution >= 4 is 11.7 Å². The number of nitriles is 1. The number of hydrogen-bond donors (Lipinski definition) is 2. The second-order valence-corrected chi connectivity index (χ2v) is 12.5. The summed E-state index contributed by atoms with van der Waals surface area (Å²) >= 11 is 0. The monoisotopic (exact) mass is 575 g/mol. The van der Waals surface area contributed by atoms with Crippen LogP contribution in [0.1, 0.15) is 70.0 Å². The zero-order valence-electron chi connectivity index (χ0n) is 25.5. The Bertz CT molecular complexity index is 1390. The topological polar surface area (TPSA) is 107 Å². The van der Waals surface area contributed by atoms with E-state index >= 15 is 0 Å². The summed E-state index contributed by atoms with van der Waals surface area (Å²) in [5.41, 5.74) is 4.48. The SMILES string of the molecule is CC(C)(C)O.Cc1nc(C#N)c(-c2ccc(OCCc3ccc(F)cc3)cc2)c(N2CCC(C)(C)CC2)c1CC(=O)O. The van der Waals surface area contributed by atoms with Crippen molar-refractivity contribution in [1.82, 2.24) is 4.98 Å². The van der Waals surface area contributed by atoms with Crippen LogP contribution < -0.4 is 9.64 Å². The van der Waals surface area contributed by atoms with E-state index in [4.69, 9.17) is 9.84 Å². The van der Waals surface area contributed by atoms with Gasteiger partial charge in [0.25, 0.3) is 0 Å². The number of pyridine rings is 1. The number of anilines is 1. The number of benzene rings is 2. The van der Waals surface area contributed by atoms with Gasteiger partial charge in [-0.3, -0.25) is 4.79 Å². The number of aliphatic hydroxyl groups is 1. The van der Waals surface area contributed by atoms with Gasteiger partial charge in [-0.2, -0.15) is 5.26 Å². The summed E-state index contributed by atoms with van der Waals surface area (Å²) in [5.74, 6) is -0.512. The van der Waals surface area contributed by atoms with E-state index in [1.54, 1.807) is 39.8 Å². The maximum absolute atomic E-state index is 13.1. The molecule has 1 aliphatic heterocycles. The summed E-state index contributed by atoms with van der Waals surface area (Å²) < 4.78 is 19.0. The first-order valence-corrected chi connectivity index (χ1v) is 14.3. The summed E-state index contributed by atoms with van der Waals surface area (Å²) in [5, 5.41) is 28.2. The molecule has 42 heavy (non-hydrogen) atoms. The fourth-order valence-corrected chi connectivity index (χ4v) is 4.78. The van der Waals surface area contributed by atoms with Crippen molar-refractivity contribution in [3.05, 3.63) is 76.9 Å². The predicted molar refractivity (Wildman–Crippen MR) is 163 cm³/mol. The molecule has 2 heterocycles. The van der Waals surface area contributed by atoms with Gasteiger partial charge in [0.1, 0.15) is 17.6 Å². The number of nitrogens with zero attached hydrogens (tertiary/aromatic N) is 3. The van der Waals surface area contributed by atoms with Crippen LogP contribution in [-0.2, 0) is 17.6 Å². The van der Waals surface area contributed by atoms with Gasteiger partial charge < -0.3 is 19.8 Å². The third kappa shape index (κ3) is 9.56. The molecule has 0 spiro atoms. The van der Waals surface area contributed by atoms with E-state index in [2.05, 4.69) is 29.8 Å². The van der Waals surface area contributed by atoms with Crippen LogP contribution in [0.2, 0.25) is 0 Å². The molecule has 0 unspecified atom stereocenters. The molecule has 1 aliphatic rings. The number of halogens is 1. The van der Waals surface area contributed by atoms with Gasteiger partial charge in [0.2, 0.25) is 0 Å². The number of aliphatic carboxylic acids is 1. The van der Waals surface area contributed by atoms with Crippen molar-refractivity contribution in [2.45, 2.75) is 72.8 Å². The maximum atomic E-state index is 13.1. The van der Waals surface area contributed by atoms with Gasteiger partial charge in [-0.1, -0.05) is 38.1 Å². The first kappa shape index (κ1) is 32.6. The van der Waals surface area contributed by atoms with Crippen LogP contribution in [0.4, 0.5) is 10.1 Å². The van der Waals surface area contributed by atoms with Crippen LogP contribution in [0.15, 0.2) is 48.5 Å². The number of carboxylic acid groups (broad SMARTS) is 1. The largest absolute Gasteiger partial charge is 0.493 e. The first-order chi connectivity index (χ1) is 19.7. The van der Waals surface area contributed by atoms with Crippen LogP contribution in [0.3, 0.4) is 0 Å². The van der Waals surface area contributed by atoms with Crippen molar-refractivity contribution in [1.29, 1.82) is 5.26 Å². The molecular weight excluding hydrogens is 533 g/mol. The zero-order valence-corrected chi connectivity index (χ0v) is 25.5. The van der Waals surface area contributed by atoms with Gasteiger partial charge >= 0.3 is 5.97 Å². The first-order valence-electron chi connectivity index (χ1n) is 14.3. The molecule has 4 rings (SSSR count). The molecule has 0 radical (unpaired) electrons. The average Bonchev–Trinajstić information content (AvgIpc) is 2.90. The highest BCUT2D eigenvalue weighted by Crippen LogP contribution is 2.41. The normalized spacial score (nSPS) is 14.4. The van der Waals surface area contributed by atoms with Gasteiger partial charge in [0.15, 0.2) is 5.69 Å². The number of aryl methyl sites for hydroxylation is 1. The highest BCUT2D eigenvalue weighted by molar-refractivity contribution is 5.87.